The molecule has 1 aliphatic rings. The molecule has 0 heterocycles. The smallest absolute Gasteiger partial charge is 0.310 e. The van der Waals surface area contributed by atoms with Crippen LogP contribution in [0.1, 0.15) is 44.1 Å². The maximum absolute atomic E-state index is 12.5. The molecule has 0 aliphatic heterocycles. The van der Waals surface area contributed by atoms with E-state index < -0.39 is 11.4 Å². The average Bonchev–Trinajstić information content (AvgIpc) is 2.47. The number of carbonyl (C=O) groups excluding carboxylic acids is 1. The van der Waals surface area contributed by atoms with Gasteiger partial charge in [0.2, 0.25) is 5.91 Å². The summed E-state index contributed by atoms with van der Waals surface area (Å²) in [7, 11) is 1.72. The molecule has 21 heavy (non-hydrogen) atoms. The first kappa shape index (κ1) is 15.5. The zero-order chi connectivity index (χ0) is 15.5. The molecule has 0 unspecified atom stereocenters. The van der Waals surface area contributed by atoms with Crippen LogP contribution in [0.15, 0.2) is 24.3 Å². The van der Waals surface area contributed by atoms with Crippen LogP contribution in [0.5, 0.6) is 0 Å². The van der Waals surface area contributed by atoms with Gasteiger partial charge in [0.15, 0.2) is 0 Å². The van der Waals surface area contributed by atoms with E-state index in [9.17, 15) is 14.7 Å². The van der Waals surface area contributed by atoms with Crippen LogP contribution in [-0.2, 0) is 9.59 Å². The molecule has 1 N–H and O–H groups in total. The van der Waals surface area contributed by atoms with Gasteiger partial charge in [0.1, 0.15) is 0 Å². The van der Waals surface area contributed by atoms with E-state index in [1.54, 1.807) is 11.9 Å². The number of carboxylic acids is 1. The second kappa shape index (κ2) is 6.29. The summed E-state index contributed by atoms with van der Waals surface area (Å²) >= 11 is 0. The highest BCUT2D eigenvalue weighted by Gasteiger charge is 2.42. The van der Waals surface area contributed by atoms with E-state index in [0.29, 0.717) is 12.8 Å². The van der Waals surface area contributed by atoms with E-state index in [1.807, 2.05) is 31.2 Å². The van der Waals surface area contributed by atoms with Gasteiger partial charge in [0, 0.05) is 19.2 Å². The van der Waals surface area contributed by atoms with Gasteiger partial charge in [-0.05, 0) is 37.5 Å². The van der Waals surface area contributed by atoms with Crippen molar-refractivity contribution in [1.82, 2.24) is 0 Å². The monoisotopic (exact) mass is 289 g/mol. The predicted octanol–water partition coefficient (Wildman–Crippen LogP) is 3.38. The highest BCUT2D eigenvalue weighted by molar-refractivity contribution is 5.96. The van der Waals surface area contributed by atoms with Crippen LogP contribution in [-0.4, -0.2) is 24.0 Å². The molecule has 1 aromatic rings. The highest BCUT2D eigenvalue weighted by Crippen LogP contribution is 2.40. The number of nitrogens with zero attached hydrogens (tertiary/aromatic N) is 1. The third-order valence-electron chi connectivity index (χ3n) is 4.52. The van der Waals surface area contributed by atoms with E-state index in [-0.39, 0.29) is 12.3 Å². The second-order valence-corrected chi connectivity index (χ2v) is 6.11. The molecule has 0 spiro atoms. The number of benzene rings is 1. The Morgan fingerprint density at radius 3 is 2.48 bits per heavy atom. The molecule has 4 heteroatoms. The molecule has 0 saturated heterocycles. The van der Waals surface area contributed by atoms with Crippen LogP contribution in [0.4, 0.5) is 5.69 Å². The maximum atomic E-state index is 12.5. The average molecular weight is 289 g/mol. The summed E-state index contributed by atoms with van der Waals surface area (Å²) in [4.78, 5) is 25.7. The number of amides is 1. The Balaban J connectivity index is 2.13. The molecule has 1 saturated carbocycles. The summed E-state index contributed by atoms with van der Waals surface area (Å²) in [6.45, 7) is 1.97. The lowest BCUT2D eigenvalue weighted by Gasteiger charge is -2.33. The first-order valence-electron chi connectivity index (χ1n) is 7.51. The normalized spacial score (nSPS) is 17.2. The molecule has 114 valence electrons. The predicted molar refractivity (Wildman–Crippen MR) is 82.4 cm³/mol. The third kappa shape index (κ3) is 3.43. The minimum atomic E-state index is -0.868. The summed E-state index contributed by atoms with van der Waals surface area (Å²) in [6, 6.07) is 7.69. The number of aliphatic carboxylic acids is 1. The van der Waals surface area contributed by atoms with Gasteiger partial charge in [-0.25, -0.2) is 0 Å². The van der Waals surface area contributed by atoms with Gasteiger partial charge in [-0.15, -0.1) is 0 Å². The van der Waals surface area contributed by atoms with E-state index in [1.165, 1.54) is 0 Å². The Kier molecular flexibility index (Phi) is 4.66. The van der Waals surface area contributed by atoms with Gasteiger partial charge in [-0.2, -0.15) is 0 Å². The zero-order valence-corrected chi connectivity index (χ0v) is 12.8. The van der Waals surface area contributed by atoms with E-state index in [4.69, 9.17) is 0 Å². The Bertz CT molecular complexity index is 533. The van der Waals surface area contributed by atoms with Crippen LogP contribution in [0.25, 0.3) is 0 Å². The summed E-state index contributed by atoms with van der Waals surface area (Å²) in [5.74, 6) is -0.946. The molecular weight excluding hydrogens is 266 g/mol. The lowest BCUT2D eigenvalue weighted by atomic mass is 9.71. The number of hydrogen-bond acceptors (Lipinski definition) is 2. The first-order valence-corrected chi connectivity index (χ1v) is 7.51. The van der Waals surface area contributed by atoms with Crippen molar-refractivity contribution in [2.45, 2.75) is 45.4 Å². The molecule has 1 aliphatic carbocycles. The Labute approximate surface area is 125 Å². The quantitative estimate of drug-likeness (QED) is 0.924. The van der Waals surface area contributed by atoms with E-state index >= 15 is 0 Å². The van der Waals surface area contributed by atoms with Crippen LogP contribution in [0, 0.1) is 12.3 Å². The maximum Gasteiger partial charge on any atom is 0.310 e. The highest BCUT2D eigenvalue weighted by atomic mass is 16.4. The summed E-state index contributed by atoms with van der Waals surface area (Å²) in [6.07, 6.45) is 4.16. The van der Waals surface area contributed by atoms with Crippen molar-refractivity contribution in [2.75, 3.05) is 11.9 Å². The summed E-state index contributed by atoms with van der Waals surface area (Å²) < 4.78 is 0. The van der Waals surface area contributed by atoms with Crippen LogP contribution in [0.2, 0.25) is 0 Å². The minimum absolute atomic E-state index is 0.0901. The standard InChI is InChI=1S/C17H23NO3/c1-13-7-6-8-14(11-13)18(2)15(19)12-17(16(20)21)9-4-3-5-10-17/h6-8,11H,3-5,9-10,12H2,1-2H3,(H,20,21). The summed E-state index contributed by atoms with van der Waals surface area (Å²) in [5, 5.41) is 9.56. The van der Waals surface area contributed by atoms with Gasteiger partial charge in [0.25, 0.3) is 0 Å². The zero-order valence-electron chi connectivity index (χ0n) is 12.8. The van der Waals surface area contributed by atoms with Crippen molar-refractivity contribution in [3.05, 3.63) is 29.8 Å². The van der Waals surface area contributed by atoms with Crippen molar-refractivity contribution in [3.8, 4) is 0 Å². The minimum Gasteiger partial charge on any atom is -0.481 e. The number of anilines is 1. The van der Waals surface area contributed by atoms with E-state index in [0.717, 1.165) is 30.5 Å². The van der Waals surface area contributed by atoms with Gasteiger partial charge in [0.05, 0.1) is 5.41 Å². The lowest BCUT2D eigenvalue weighted by Crippen LogP contribution is -2.39. The molecule has 0 radical (unpaired) electrons. The number of hydrogen-bond donors (Lipinski definition) is 1. The van der Waals surface area contributed by atoms with Crippen LogP contribution in [0.3, 0.4) is 0 Å². The lowest BCUT2D eigenvalue weighted by molar-refractivity contribution is -0.153. The SMILES string of the molecule is Cc1cccc(N(C)C(=O)CC2(C(=O)O)CCCCC2)c1. The first-order chi connectivity index (χ1) is 9.94. The number of rotatable bonds is 4. The van der Waals surface area contributed by atoms with Crippen molar-refractivity contribution >= 4 is 17.6 Å². The molecule has 2 rings (SSSR count). The summed E-state index contributed by atoms with van der Waals surface area (Å²) in [5.41, 5.74) is 1.03. The third-order valence-corrected chi connectivity index (χ3v) is 4.52. The van der Waals surface area contributed by atoms with Gasteiger partial charge in [-0.1, -0.05) is 31.4 Å². The van der Waals surface area contributed by atoms with Crippen molar-refractivity contribution < 1.29 is 14.7 Å². The Hall–Kier alpha value is -1.84. The molecular formula is C17H23NO3. The molecule has 0 atom stereocenters. The molecule has 1 aromatic carbocycles. The molecule has 1 fully saturated rings. The molecule has 0 aromatic heterocycles. The number of carboxylic acid groups (broad SMARTS) is 1. The largest absolute Gasteiger partial charge is 0.481 e. The Morgan fingerprint density at radius 1 is 1.24 bits per heavy atom. The molecule has 0 bridgehead atoms. The van der Waals surface area contributed by atoms with Crippen molar-refractivity contribution in [3.63, 3.8) is 0 Å². The van der Waals surface area contributed by atoms with Crippen LogP contribution < -0.4 is 4.90 Å². The topological polar surface area (TPSA) is 57.6 Å². The second-order valence-electron chi connectivity index (χ2n) is 6.11. The van der Waals surface area contributed by atoms with Crippen molar-refractivity contribution in [1.29, 1.82) is 0 Å². The number of carbonyl (C=O) groups is 2. The van der Waals surface area contributed by atoms with Crippen molar-refractivity contribution in [2.24, 2.45) is 5.41 Å². The van der Waals surface area contributed by atoms with Gasteiger partial charge >= 0.3 is 5.97 Å². The fourth-order valence-electron chi connectivity index (χ4n) is 3.08. The van der Waals surface area contributed by atoms with Gasteiger partial charge in [-0.3, -0.25) is 9.59 Å². The van der Waals surface area contributed by atoms with E-state index in [2.05, 4.69) is 0 Å². The fourth-order valence-corrected chi connectivity index (χ4v) is 3.08. The Morgan fingerprint density at radius 2 is 1.90 bits per heavy atom. The van der Waals surface area contributed by atoms with Gasteiger partial charge < -0.3 is 10.0 Å². The molecule has 4 nitrogen and oxygen atoms in total. The number of aryl methyl sites for hydroxylation is 1. The fraction of sp³-hybridized carbons (Fsp3) is 0.529. The van der Waals surface area contributed by atoms with Crippen LogP contribution >= 0.6 is 0 Å². The molecule has 1 amide bonds.